The topological polar surface area (TPSA) is 56.2 Å². The van der Waals surface area contributed by atoms with E-state index in [1.807, 2.05) is 30.3 Å². The molecule has 0 spiro atoms. The number of imidazole rings is 1. The lowest BCUT2D eigenvalue weighted by atomic mass is 10.0. The maximum atomic E-state index is 12.7. The average molecular weight is 372 g/mol. The van der Waals surface area contributed by atoms with Crippen LogP contribution in [0.5, 0.6) is 5.75 Å². The molecule has 2 heterocycles. The Kier molecular flexibility index (Phi) is 3.53. The summed E-state index contributed by atoms with van der Waals surface area (Å²) >= 11 is 3.53. The van der Waals surface area contributed by atoms with Gasteiger partial charge in [0.25, 0.3) is 5.91 Å². The second-order valence-corrected chi connectivity index (χ2v) is 6.25. The van der Waals surface area contributed by atoms with Crippen LogP contribution in [0.2, 0.25) is 0 Å². The fraction of sp³-hybridized carbons (Fsp3) is 0.176. The zero-order valence-electron chi connectivity index (χ0n) is 12.3. The molecule has 6 heteroatoms. The summed E-state index contributed by atoms with van der Waals surface area (Å²) in [5, 5.41) is 0. The van der Waals surface area contributed by atoms with E-state index in [1.165, 1.54) is 0 Å². The van der Waals surface area contributed by atoms with Crippen molar-refractivity contribution < 1.29 is 9.53 Å². The van der Waals surface area contributed by atoms with E-state index in [1.54, 1.807) is 17.1 Å². The Labute approximate surface area is 141 Å². The molecule has 0 unspecified atom stereocenters. The Bertz CT molecular complexity index is 904. The summed E-state index contributed by atoms with van der Waals surface area (Å²) in [5.74, 6) is 0.464. The normalized spacial score (nSPS) is 13.4. The lowest BCUT2D eigenvalue weighted by Gasteiger charge is -2.21. The molecule has 23 heavy (non-hydrogen) atoms. The van der Waals surface area contributed by atoms with Crippen molar-refractivity contribution in [3.05, 3.63) is 58.3 Å². The third-order valence-electron chi connectivity index (χ3n) is 3.94. The van der Waals surface area contributed by atoms with Gasteiger partial charge in [-0.2, -0.15) is 0 Å². The quantitative estimate of drug-likeness (QED) is 0.749. The summed E-state index contributed by atoms with van der Waals surface area (Å²) in [5.41, 5.74) is 6.16. The summed E-state index contributed by atoms with van der Waals surface area (Å²) in [6, 6.07) is 11.3. The first kappa shape index (κ1) is 14.3. The molecule has 4 rings (SSSR count). The Balaban J connectivity index is 1.70. The zero-order chi connectivity index (χ0) is 15.8. The lowest BCUT2D eigenvalue weighted by molar-refractivity contribution is 0.100. The number of nitrogens with zero attached hydrogens (tertiary/aromatic N) is 2. The molecular formula is C17H14BrN3O2. The van der Waals surface area contributed by atoms with E-state index < -0.39 is 0 Å². The number of nitrogens with one attached hydrogen (secondary N) is 1. The van der Waals surface area contributed by atoms with Gasteiger partial charge in [-0.05, 0) is 37.1 Å². The zero-order valence-corrected chi connectivity index (χ0v) is 13.8. The molecule has 1 amide bonds. The maximum Gasteiger partial charge on any atom is 0.273 e. The van der Waals surface area contributed by atoms with E-state index >= 15 is 0 Å². The van der Waals surface area contributed by atoms with Crippen molar-refractivity contribution in [3.63, 3.8) is 0 Å². The Morgan fingerprint density at radius 2 is 2.13 bits per heavy atom. The number of carbonyl (C=O) groups excluding carboxylic acids is 1. The summed E-state index contributed by atoms with van der Waals surface area (Å²) in [7, 11) is 0. The molecule has 0 saturated carbocycles. The van der Waals surface area contributed by atoms with E-state index in [0.29, 0.717) is 17.9 Å². The largest absolute Gasteiger partial charge is 0.492 e. The molecule has 0 atom stereocenters. The molecule has 0 saturated heterocycles. The second-order valence-electron chi connectivity index (χ2n) is 5.40. The molecule has 1 aliphatic heterocycles. The fourth-order valence-electron chi connectivity index (χ4n) is 2.82. The highest BCUT2D eigenvalue weighted by Crippen LogP contribution is 2.34. The van der Waals surface area contributed by atoms with Crippen molar-refractivity contribution in [1.82, 2.24) is 9.66 Å². The standard InChI is InChI=1S/C17H14BrN3O2/c18-13-8-7-12(16-11(13)4-3-9-23-16)17(22)20-21-10-19-14-5-1-2-6-15(14)21/h1-2,5-8,10H,3-4,9H2,(H,20,22). The number of benzene rings is 2. The highest BCUT2D eigenvalue weighted by Gasteiger charge is 2.22. The van der Waals surface area contributed by atoms with Crippen molar-refractivity contribution in [2.24, 2.45) is 0 Å². The molecule has 116 valence electrons. The number of halogens is 1. The molecule has 1 aliphatic rings. The molecule has 0 radical (unpaired) electrons. The van der Waals surface area contributed by atoms with Crippen LogP contribution >= 0.6 is 15.9 Å². The van der Waals surface area contributed by atoms with Crippen LogP contribution < -0.4 is 10.2 Å². The second kappa shape index (κ2) is 5.70. The number of ether oxygens (including phenoxy) is 1. The molecule has 1 aromatic heterocycles. The van der Waals surface area contributed by atoms with Gasteiger partial charge in [-0.1, -0.05) is 28.1 Å². The number of hydrogen-bond donors (Lipinski definition) is 1. The predicted molar refractivity (Wildman–Crippen MR) is 91.4 cm³/mol. The number of carbonyl (C=O) groups is 1. The van der Waals surface area contributed by atoms with E-state index in [2.05, 4.69) is 26.3 Å². The maximum absolute atomic E-state index is 12.7. The van der Waals surface area contributed by atoms with Gasteiger partial charge >= 0.3 is 0 Å². The van der Waals surface area contributed by atoms with Gasteiger partial charge in [0, 0.05) is 10.0 Å². The van der Waals surface area contributed by atoms with Gasteiger partial charge in [-0.15, -0.1) is 0 Å². The van der Waals surface area contributed by atoms with Crippen molar-refractivity contribution in [3.8, 4) is 5.75 Å². The van der Waals surface area contributed by atoms with Gasteiger partial charge in [0.1, 0.15) is 12.1 Å². The van der Waals surface area contributed by atoms with Crippen LogP contribution in [0.4, 0.5) is 0 Å². The van der Waals surface area contributed by atoms with Crippen molar-refractivity contribution >= 4 is 32.9 Å². The lowest BCUT2D eigenvalue weighted by Crippen LogP contribution is -2.24. The fourth-order valence-corrected chi connectivity index (χ4v) is 3.33. The van der Waals surface area contributed by atoms with Crippen LogP contribution in [-0.2, 0) is 6.42 Å². The van der Waals surface area contributed by atoms with Gasteiger partial charge in [0.05, 0.1) is 23.2 Å². The summed E-state index contributed by atoms with van der Waals surface area (Å²) < 4.78 is 8.36. The van der Waals surface area contributed by atoms with Crippen LogP contribution in [0.3, 0.4) is 0 Å². The molecule has 3 aromatic rings. The van der Waals surface area contributed by atoms with Crippen LogP contribution in [0.15, 0.2) is 47.2 Å². The summed E-state index contributed by atoms with van der Waals surface area (Å²) in [6.07, 6.45) is 3.47. The average Bonchev–Trinajstić information content (AvgIpc) is 2.98. The Morgan fingerprint density at radius 3 is 3.04 bits per heavy atom. The van der Waals surface area contributed by atoms with E-state index in [0.717, 1.165) is 33.9 Å². The summed E-state index contributed by atoms with van der Waals surface area (Å²) in [6.45, 7) is 0.637. The van der Waals surface area contributed by atoms with Gasteiger partial charge in [-0.25, -0.2) is 9.66 Å². The minimum atomic E-state index is -0.209. The number of hydrogen-bond acceptors (Lipinski definition) is 3. The predicted octanol–water partition coefficient (Wildman–Crippen LogP) is 3.51. The van der Waals surface area contributed by atoms with E-state index in [4.69, 9.17) is 4.74 Å². The van der Waals surface area contributed by atoms with E-state index in [9.17, 15) is 4.79 Å². The van der Waals surface area contributed by atoms with Crippen LogP contribution in [0.1, 0.15) is 22.3 Å². The van der Waals surface area contributed by atoms with Gasteiger partial charge in [-0.3, -0.25) is 10.2 Å². The third-order valence-corrected chi connectivity index (χ3v) is 4.68. The van der Waals surface area contributed by atoms with Crippen molar-refractivity contribution in [2.45, 2.75) is 12.8 Å². The number of aromatic nitrogens is 2. The molecule has 0 aliphatic carbocycles. The Morgan fingerprint density at radius 1 is 1.26 bits per heavy atom. The third kappa shape index (κ3) is 2.49. The highest BCUT2D eigenvalue weighted by atomic mass is 79.9. The van der Waals surface area contributed by atoms with Crippen molar-refractivity contribution in [1.29, 1.82) is 0 Å². The van der Waals surface area contributed by atoms with Crippen LogP contribution in [0, 0.1) is 0 Å². The first-order chi connectivity index (χ1) is 11.2. The van der Waals surface area contributed by atoms with Gasteiger partial charge in [0.2, 0.25) is 0 Å². The van der Waals surface area contributed by atoms with Gasteiger partial charge < -0.3 is 4.74 Å². The highest BCUT2D eigenvalue weighted by molar-refractivity contribution is 9.10. The minimum absolute atomic E-state index is 0.209. The molecule has 0 bridgehead atoms. The molecule has 5 nitrogen and oxygen atoms in total. The number of amides is 1. The SMILES string of the molecule is O=C(Nn1cnc2ccccc21)c1ccc(Br)c2c1OCCC2. The minimum Gasteiger partial charge on any atom is -0.492 e. The first-order valence-corrected chi connectivity index (χ1v) is 8.21. The smallest absolute Gasteiger partial charge is 0.273 e. The van der Waals surface area contributed by atoms with Crippen molar-refractivity contribution in [2.75, 3.05) is 12.0 Å². The molecular weight excluding hydrogens is 358 g/mol. The molecule has 2 aromatic carbocycles. The first-order valence-electron chi connectivity index (χ1n) is 7.41. The molecule has 1 N–H and O–H groups in total. The number of para-hydroxylation sites is 2. The number of rotatable bonds is 2. The Hall–Kier alpha value is -2.34. The van der Waals surface area contributed by atoms with E-state index in [-0.39, 0.29) is 5.91 Å². The van der Waals surface area contributed by atoms with Gasteiger partial charge in [0.15, 0.2) is 0 Å². The monoisotopic (exact) mass is 371 g/mol. The molecule has 0 fully saturated rings. The van der Waals surface area contributed by atoms with Crippen LogP contribution in [0.25, 0.3) is 11.0 Å². The van der Waals surface area contributed by atoms with Crippen LogP contribution in [-0.4, -0.2) is 22.2 Å². The summed E-state index contributed by atoms with van der Waals surface area (Å²) in [4.78, 5) is 17.0. The number of fused-ring (bicyclic) bond motifs is 2.